The van der Waals surface area contributed by atoms with Gasteiger partial charge >= 0.3 is 6.09 Å². The maximum atomic E-state index is 10.7. The summed E-state index contributed by atoms with van der Waals surface area (Å²) < 4.78 is 2.99. The summed E-state index contributed by atoms with van der Waals surface area (Å²) in [7, 11) is 0. The number of primary amides is 1. The molecule has 15 heavy (non-hydrogen) atoms. The van der Waals surface area contributed by atoms with Gasteiger partial charge in [0.05, 0.1) is 0 Å². The van der Waals surface area contributed by atoms with Crippen LogP contribution in [0.1, 0.15) is 11.7 Å². The van der Waals surface area contributed by atoms with Gasteiger partial charge in [-0.2, -0.15) is 0 Å². The Labute approximate surface area is 102 Å². The molecule has 0 aromatic heterocycles. The average molecular weight is 269 g/mol. The number of nitrogens with two attached hydrogens (primary N) is 1. The lowest BCUT2D eigenvalue weighted by molar-refractivity contribution is 0.108. The molecule has 0 bridgehead atoms. The van der Waals surface area contributed by atoms with E-state index in [-0.39, 0.29) is 0 Å². The zero-order chi connectivity index (χ0) is 11.5. The van der Waals surface area contributed by atoms with Crippen molar-refractivity contribution in [3.05, 3.63) is 35.9 Å². The Morgan fingerprint density at radius 1 is 1.27 bits per heavy atom. The van der Waals surface area contributed by atoms with Gasteiger partial charge in [-0.3, -0.25) is 0 Å². The van der Waals surface area contributed by atoms with Crippen molar-refractivity contribution in [3.8, 4) is 0 Å². The molecule has 1 rings (SSSR count). The summed E-state index contributed by atoms with van der Waals surface area (Å²) in [5.74, 6) is 0. The molecule has 0 unspecified atom stereocenters. The largest absolute Gasteiger partial charge is 0.437 e. The molecule has 0 saturated carbocycles. The molecule has 6 heteroatoms. The molecule has 3 nitrogen and oxygen atoms in total. The third-order valence-electron chi connectivity index (χ3n) is 1.63. The Balaban J connectivity index is 2.97. The summed E-state index contributed by atoms with van der Waals surface area (Å²) in [6.45, 7) is 0. The van der Waals surface area contributed by atoms with E-state index in [0.29, 0.717) is 5.56 Å². The minimum absolute atomic E-state index is 0.566. The average Bonchev–Trinajstić information content (AvgIpc) is 2.14. The highest BCUT2D eigenvalue weighted by Gasteiger charge is 2.36. The fourth-order valence-corrected chi connectivity index (χ4v) is 1.58. The van der Waals surface area contributed by atoms with Gasteiger partial charge in [0.25, 0.3) is 0 Å². The fraction of sp³-hybridized carbons (Fsp3) is 0.222. The summed E-state index contributed by atoms with van der Waals surface area (Å²) >= 11 is 17.0. The van der Waals surface area contributed by atoms with Crippen LogP contribution in [0.2, 0.25) is 0 Å². The van der Waals surface area contributed by atoms with Gasteiger partial charge in [-0.05, 0) is 5.56 Å². The minimum Gasteiger partial charge on any atom is -0.437 e. The van der Waals surface area contributed by atoms with E-state index in [0.717, 1.165) is 0 Å². The van der Waals surface area contributed by atoms with Crippen molar-refractivity contribution in [1.29, 1.82) is 0 Å². The van der Waals surface area contributed by atoms with Crippen molar-refractivity contribution >= 4 is 40.9 Å². The second-order valence-electron chi connectivity index (χ2n) is 2.77. The van der Waals surface area contributed by atoms with E-state index in [1.807, 2.05) is 0 Å². The maximum absolute atomic E-state index is 10.7. The van der Waals surface area contributed by atoms with Crippen LogP contribution in [0, 0.1) is 0 Å². The predicted octanol–water partition coefficient (Wildman–Crippen LogP) is 3.19. The molecule has 0 aliphatic carbocycles. The van der Waals surface area contributed by atoms with Crippen LogP contribution in [0.4, 0.5) is 4.79 Å². The number of halogens is 3. The lowest BCUT2D eigenvalue weighted by Crippen LogP contribution is -2.26. The van der Waals surface area contributed by atoms with Gasteiger partial charge in [0.1, 0.15) is 0 Å². The molecule has 1 amide bonds. The van der Waals surface area contributed by atoms with Gasteiger partial charge in [0, 0.05) is 0 Å². The van der Waals surface area contributed by atoms with E-state index in [9.17, 15) is 4.79 Å². The van der Waals surface area contributed by atoms with Crippen LogP contribution in [0.25, 0.3) is 0 Å². The summed E-state index contributed by atoms with van der Waals surface area (Å²) in [5, 5.41) is 0. The van der Waals surface area contributed by atoms with Crippen molar-refractivity contribution in [1.82, 2.24) is 0 Å². The van der Waals surface area contributed by atoms with E-state index in [2.05, 4.69) is 0 Å². The first-order valence-corrected chi connectivity index (χ1v) is 5.12. The summed E-state index contributed by atoms with van der Waals surface area (Å²) in [4.78, 5) is 10.7. The first kappa shape index (κ1) is 12.4. The zero-order valence-corrected chi connectivity index (χ0v) is 9.76. The van der Waals surface area contributed by atoms with E-state index in [4.69, 9.17) is 45.3 Å². The van der Waals surface area contributed by atoms with Crippen molar-refractivity contribution < 1.29 is 9.53 Å². The SMILES string of the molecule is NC(=O)O[C@H](c1ccccc1)C(Cl)(Cl)Cl. The van der Waals surface area contributed by atoms with Gasteiger partial charge in [-0.25, -0.2) is 4.79 Å². The van der Waals surface area contributed by atoms with Crippen LogP contribution in [0.15, 0.2) is 30.3 Å². The number of hydrogen-bond acceptors (Lipinski definition) is 2. The lowest BCUT2D eigenvalue weighted by Gasteiger charge is -2.23. The number of amides is 1. The van der Waals surface area contributed by atoms with Crippen LogP contribution in [-0.2, 0) is 4.74 Å². The normalized spacial score (nSPS) is 13.3. The standard InChI is InChI=1S/C9H8Cl3NO2/c10-9(11,12)7(15-8(13)14)6-4-2-1-3-5-6/h1-5,7H,(H2,13,14)/t7-/m1/s1. The van der Waals surface area contributed by atoms with E-state index in [1.54, 1.807) is 30.3 Å². The molecule has 0 heterocycles. The maximum Gasteiger partial charge on any atom is 0.405 e. The second kappa shape index (κ2) is 4.92. The van der Waals surface area contributed by atoms with Crippen molar-refractivity contribution in [2.24, 2.45) is 5.73 Å². The van der Waals surface area contributed by atoms with E-state index in [1.165, 1.54) is 0 Å². The quantitative estimate of drug-likeness (QED) is 0.838. The van der Waals surface area contributed by atoms with Gasteiger partial charge in [-0.1, -0.05) is 65.1 Å². The number of hydrogen-bond donors (Lipinski definition) is 1. The van der Waals surface area contributed by atoms with Gasteiger partial charge < -0.3 is 10.5 Å². The molecule has 82 valence electrons. The van der Waals surface area contributed by atoms with Gasteiger partial charge in [0.15, 0.2) is 6.10 Å². The Morgan fingerprint density at radius 2 is 1.80 bits per heavy atom. The highest BCUT2D eigenvalue weighted by atomic mass is 35.6. The third-order valence-corrected chi connectivity index (χ3v) is 2.23. The van der Waals surface area contributed by atoms with E-state index >= 15 is 0 Å². The molecule has 1 aromatic carbocycles. The van der Waals surface area contributed by atoms with Crippen LogP contribution < -0.4 is 5.73 Å². The van der Waals surface area contributed by atoms with Crippen LogP contribution in [0.3, 0.4) is 0 Å². The van der Waals surface area contributed by atoms with Gasteiger partial charge in [-0.15, -0.1) is 0 Å². The van der Waals surface area contributed by atoms with Crippen LogP contribution >= 0.6 is 34.8 Å². The molecular weight excluding hydrogens is 260 g/mol. The van der Waals surface area contributed by atoms with Gasteiger partial charge in [0.2, 0.25) is 3.79 Å². The molecule has 0 radical (unpaired) electrons. The summed E-state index contributed by atoms with van der Waals surface area (Å²) in [5.41, 5.74) is 5.46. The highest BCUT2D eigenvalue weighted by Crippen LogP contribution is 2.42. The predicted molar refractivity (Wildman–Crippen MR) is 60.1 cm³/mol. The first-order chi connectivity index (χ1) is 6.91. The summed E-state index contributed by atoms with van der Waals surface area (Å²) in [6.07, 6.45) is -2.00. The molecular formula is C9H8Cl3NO2. The Bertz CT molecular complexity index is 337. The number of alkyl halides is 3. The Morgan fingerprint density at radius 3 is 2.20 bits per heavy atom. The molecule has 0 fully saturated rings. The molecule has 2 N–H and O–H groups in total. The minimum atomic E-state index is -1.75. The van der Waals surface area contributed by atoms with Crippen LogP contribution in [0.5, 0.6) is 0 Å². The molecule has 1 atom stereocenters. The first-order valence-electron chi connectivity index (χ1n) is 3.99. The van der Waals surface area contributed by atoms with Crippen molar-refractivity contribution in [2.45, 2.75) is 9.90 Å². The fourth-order valence-electron chi connectivity index (χ4n) is 1.07. The monoisotopic (exact) mass is 267 g/mol. The molecule has 0 saturated heterocycles. The Kier molecular flexibility index (Phi) is 4.08. The summed E-state index contributed by atoms with van der Waals surface area (Å²) in [6, 6.07) is 8.63. The number of rotatable bonds is 2. The highest BCUT2D eigenvalue weighted by molar-refractivity contribution is 6.68. The molecule has 0 aliphatic heterocycles. The molecule has 0 spiro atoms. The number of benzene rings is 1. The Hall–Kier alpha value is -0.640. The lowest BCUT2D eigenvalue weighted by atomic mass is 10.1. The zero-order valence-electron chi connectivity index (χ0n) is 7.49. The molecule has 1 aromatic rings. The van der Waals surface area contributed by atoms with Crippen molar-refractivity contribution in [3.63, 3.8) is 0 Å². The topological polar surface area (TPSA) is 52.3 Å². The number of carbonyl (C=O) groups is 1. The third kappa shape index (κ3) is 3.78. The smallest absolute Gasteiger partial charge is 0.405 e. The van der Waals surface area contributed by atoms with Crippen LogP contribution in [-0.4, -0.2) is 9.89 Å². The van der Waals surface area contributed by atoms with Crippen molar-refractivity contribution in [2.75, 3.05) is 0 Å². The van der Waals surface area contributed by atoms with E-state index < -0.39 is 16.0 Å². The molecule has 0 aliphatic rings. The number of ether oxygens (including phenoxy) is 1. The number of carbonyl (C=O) groups excluding carboxylic acids is 1. The second-order valence-corrected chi connectivity index (χ2v) is 5.14.